The van der Waals surface area contributed by atoms with E-state index in [0.717, 1.165) is 47.5 Å². The van der Waals surface area contributed by atoms with Gasteiger partial charge in [-0.25, -0.2) is 9.98 Å². The molecule has 5 rings (SSSR count). The third kappa shape index (κ3) is 3.77. The molecule has 0 saturated carbocycles. The molecule has 0 bridgehead atoms. The Morgan fingerprint density at radius 2 is 2.00 bits per heavy atom. The topological polar surface area (TPSA) is 105 Å². The van der Waals surface area contributed by atoms with Gasteiger partial charge in [0.1, 0.15) is 23.5 Å². The standard InChI is InChI=1S/C24H23Cl2N7O/c1-2-20-31-22-16(24(28)30-13-27)10-14(32-6-8-34-9-7-32)11-19(22)33(20)23-15-4-3-5-17(25)21(15)29-12-18(23)26/h3-5,10-13H,2,6-9H2,1H3,(H3,27,28,30). The summed E-state index contributed by atoms with van der Waals surface area (Å²) in [7, 11) is 0. The molecule has 2 aromatic heterocycles. The number of hydrogen-bond donors (Lipinski definition) is 2. The van der Waals surface area contributed by atoms with E-state index in [9.17, 15) is 0 Å². The number of pyridine rings is 1. The molecule has 3 N–H and O–H groups in total. The van der Waals surface area contributed by atoms with Crippen LogP contribution in [0.3, 0.4) is 0 Å². The summed E-state index contributed by atoms with van der Waals surface area (Å²) in [6.07, 6.45) is 3.22. The number of aliphatic imine (C=N–C) groups is 1. The quantitative estimate of drug-likeness (QED) is 0.311. The lowest BCUT2D eigenvalue weighted by Crippen LogP contribution is -2.36. The summed E-state index contributed by atoms with van der Waals surface area (Å²) in [6, 6.07) is 9.73. The minimum absolute atomic E-state index is 0.233. The van der Waals surface area contributed by atoms with Crippen LogP contribution in [0.25, 0.3) is 27.6 Å². The number of amidine groups is 1. The van der Waals surface area contributed by atoms with Crippen LogP contribution in [0.4, 0.5) is 5.69 Å². The summed E-state index contributed by atoms with van der Waals surface area (Å²) in [5.74, 6) is 1.04. The minimum atomic E-state index is 0.233. The van der Waals surface area contributed by atoms with Gasteiger partial charge in [-0.1, -0.05) is 42.3 Å². The second-order valence-corrected chi connectivity index (χ2v) is 8.73. The van der Waals surface area contributed by atoms with Crippen LogP contribution in [0.15, 0.2) is 41.5 Å². The zero-order chi connectivity index (χ0) is 23.8. The molecule has 10 heteroatoms. The number of benzene rings is 2. The lowest BCUT2D eigenvalue weighted by molar-refractivity contribution is 0.122. The van der Waals surface area contributed by atoms with Gasteiger partial charge in [0, 0.05) is 42.3 Å². The smallest absolute Gasteiger partial charge is 0.134 e. The first kappa shape index (κ1) is 22.6. The van der Waals surface area contributed by atoms with Crippen LogP contribution in [-0.2, 0) is 11.2 Å². The molecule has 1 aliphatic rings. The maximum Gasteiger partial charge on any atom is 0.134 e. The number of para-hydroxylation sites is 1. The number of hydrogen-bond acceptors (Lipinski definition) is 5. The number of halogens is 2. The highest BCUT2D eigenvalue weighted by atomic mass is 35.5. The Hall–Kier alpha value is -3.20. The lowest BCUT2D eigenvalue weighted by atomic mass is 10.1. The molecule has 0 unspecified atom stereocenters. The normalized spacial score (nSPS) is 14.8. The van der Waals surface area contributed by atoms with Crippen molar-refractivity contribution < 1.29 is 4.74 Å². The first-order chi connectivity index (χ1) is 16.5. The fourth-order valence-electron chi connectivity index (χ4n) is 4.41. The number of morpholine rings is 1. The van der Waals surface area contributed by atoms with Gasteiger partial charge in [-0.3, -0.25) is 15.0 Å². The van der Waals surface area contributed by atoms with Gasteiger partial charge < -0.3 is 15.4 Å². The first-order valence-corrected chi connectivity index (χ1v) is 11.7. The molecule has 34 heavy (non-hydrogen) atoms. The van der Waals surface area contributed by atoms with Gasteiger partial charge in [0.15, 0.2) is 0 Å². The Labute approximate surface area is 206 Å². The number of nitrogens with one attached hydrogen (secondary N) is 1. The van der Waals surface area contributed by atoms with Crippen molar-refractivity contribution in [3.05, 3.63) is 58.0 Å². The molecule has 1 fully saturated rings. The summed E-state index contributed by atoms with van der Waals surface area (Å²) in [4.78, 5) is 15.7. The number of fused-ring (bicyclic) bond motifs is 2. The predicted octanol–water partition coefficient (Wildman–Crippen LogP) is 4.59. The van der Waals surface area contributed by atoms with E-state index in [2.05, 4.69) is 25.5 Å². The van der Waals surface area contributed by atoms with Crippen LogP contribution in [0, 0.1) is 5.41 Å². The number of aromatic nitrogens is 3. The van der Waals surface area contributed by atoms with E-state index in [0.29, 0.717) is 46.3 Å². The van der Waals surface area contributed by atoms with Gasteiger partial charge in [0.2, 0.25) is 0 Å². The number of imidazole rings is 1. The number of nitrogens with two attached hydrogens (primary N) is 1. The highest BCUT2D eigenvalue weighted by molar-refractivity contribution is 6.37. The summed E-state index contributed by atoms with van der Waals surface area (Å²) < 4.78 is 7.60. The highest BCUT2D eigenvalue weighted by Crippen LogP contribution is 2.37. The number of aryl methyl sites for hydroxylation is 1. The molecule has 1 saturated heterocycles. The molecule has 0 radical (unpaired) electrons. The molecule has 8 nitrogen and oxygen atoms in total. The fourth-order valence-corrected chi connectivity index (χ4v) is 4.87. The summed E-state index contributed by atoms with van der Waals surface area (Å²) in [5, 5.41) is 9.28. The van der Waals surface area contributed by atoms with E-state index in [4.69, 9.17) is 44.1 Å². The van der Waals surface area contributed by atoms with Crippen molar-refractivity contribution in [2.75, 3.05) is 31.2 Å². The van der Waals surface area contributed by atoms with E-state index in [1.807, 2.05) is 31.2 Å². The summed E-state index contributed by atoms with van der Waals surface area (Å²) in [6.45, 7) is 4.86. The van der Waals surface area contributed by atoms with E-state index >= 15 is 0 Å². The molecule has 0 amide bonds. The van der Waals surface area contributed by atoms with Crippen molar-refractivity contribution in [3.8, 4) is 5.69 Å². The molecule has 1 aliphatic heterocycles. The van der Waals surface area contributed by atoms with Crippen LogP contribution < -0.4 is 10.6 Å². The molecular weight excluding hydrogens is 473 g/mol. The molecule has 0 aliphatic carbocycles. The van der Waals surface area contributed by atoms with E-state index < -0.39 is 0 Å². The average Bonchev–Trinajstić information content (AvgIpc) is 3.22. The third-order valence-corrected chi connectivity index (χ3v) is 6.57. The Balaban J connectivity index is 1.88. The number of rotatable bonds is 5. The van der Waals surface area contributed by atoms with E-state index in [1.54, 1.807) is 6.20 Å². The predicted molar refractivity (Wildman–Crippen MR) is 138 cm³/mol. The van der Waals surface area contributed by atoms with Crippen LogP contribution in [-0.4, -0.2) is 53.0 Å². The van der Waals surface area contributed by atoms with Crippen LogP contribution >= 0.6 is 23.2 Å². The maximum absolute atomic E-state index is 7.41. The van der Waals surface area contributed by atoms with Gasteiger partial charge >= 0.3 is 0 Å². The third-order valence-electron chi connectivity index (χ3n) is 5.99. The van der Waals surface area contributed by atoms with Gasteiger partial charge in [0.25, 0.3) is 0 Å². The summed E-state index contributed by atoms with van der Waals surface area (Å²) in [5.41, 5.74) is 10.9. The molecule has 3 heterocycles. The zero-order valence-electron chi connectivity index (χ0n) is 18.6. The Morgan fingerprint density at radius 3 is 2.74 bits per heavy atom. The number of ether oxygens (including phenoxy) is 1. The number of anilines is 1. The minimum Gasteiger partial charge on any atom is -0.383 e. The molecule has 0 spiro atoms. The van der Waals surface area contributed by atoms with Gasteiger partial charge in [-0.2, -0.15) is 0 Å². The largest absolute Gasteiger partial charge is 0.383 e. The van der Waals surface area contributed by atoms with Crippen molar-refractivity contribution in [2.45, 2.75) is 13.3 Å². The van der Waals surface area contributed by atoms with Crippen LogP contribution in [0.1, 0.15) is 18.3 Å². The lowest BCUT2D eigenvalue weighted by Gasteiger charge is -2.29. The van der Waals surface area contributed by atoms with E-state index in [-0.39, 0.29) is 5.84 Å². The van der Waals surface area contributed by atoms with Crippen molar-refractivity contribution in [2.24, 2.45) is 10.7 Å². The second-order valence-electron chi connectivity index (χ2n) is 7.91. The van der Waals surface area contributed by atoms with Crippen molar-refractivity contribution >= 4 is 63.0 Å². The van der Waals surface area contributed by atoms with Crippen molar-refractivity contribution in [1.29, 1.82) is 5.41 Å². The SMILES string of the molecule is CCc1nc2c(C(N)=NC=N)cc(N3CCOCC3)cc2n1-c1c(Cl)cnc2c(Cl)cccc12. The van der Waals surface area contributed by atoms with Crippen molar-refractivity contribution in [3.63, 3.8) is 0 Å². The Morgan fingerprint density at radius 1 is 1.21 bits per heavy atom. The van der Waals surface area contributed by atoms with Gasteiger partial charge in [-0.15, -0.1) is 0 Å². The Kier molecular flexibility index (Phi) is 6.12. The fraction of sp³-hybridized carbons (Fsp3) is 0.250. The molecular formula is C24H23Cl2N7O. The average molecular weight is 496 g/mol. The monoisotopic (exact) mass is 495 g/mol. The van der Waals surface area contributed by atoms with E-state index in [1.165, 1.54) is 0 Å². The van der Waals surface area contributed by atoms with Gasteiger partial charge in [-0.05, 0) is 18.2 Å². The van der Waals surface area contributed by atoms with Crippen LogP contribution in [0.5, 0.6) is 0 Å². The van der Waals surface area contributed by atoms with Crippen molar-refractivity contribution in [1.82, 2.24) is 14.5 Å². The molecule has 4 aromatic rings. The zero-order valence-corrected chi connectivity index (χ0v) is 20.1. The molecule has 0 atom stereocenters. The highest BCUT2D eigenvalue weighted by Gasteiger charge is 2.23. The second kappa shape index (κ2) is 9.21. The molecule has 174 valence electrons. The first-order valence-electron chi connectivity index (χ1n) is 11.0. The number of nitrogens with zero attached hydrogens (tertiary/aromatic N) is 5. The maximum atomic E-state index is 7.41. The summed E-state index contributed by atoms with van der Waals surface area (Å²) >= 11 is 13.2. The van der Waals surface area contributed by atoms with Crippen LogP contribution in [0.2, 0.25) is 10.0 Å². The Bertz CT molecular complexity index is 1440. The molecule has 2 aromatic carbocycles. The van der Waals surface area contributed by atoms with Gasteiger partial charge in [0.05, 0.1) is 40.0 Å².